The number of hydrogen-bond donors (Lipinski definition) is 3. The third-order valence-corrected chi connectivity index (χ3v) is 3.37. The minimum absolute atomic E-state index is 0.591. The van der Waals surface area contributed by atoms with Crippen molar-refractivity contribution in [2.75, 3.05) is 17.0 Å². The standard InChI is InChI=1S/C12H19N7S/c1-4-9-8(7-19(2)18-9)6-14-10-5-11(17-13)16-12(15-10)20-3/h5,7H,4,6,13H2,1-3H3,(H2,14,15,16,17). The molecule has 7 nitrogen and oxygen atoms in total. The Kier molecular flexibility index (Phi) is 4.80. The molecule has 2 rings (SSSR count). The van der Waals surface area contributed by atoms with E-state index in [1.165, 1.54) is 17.3 Å². The first-order chi connectivity index (χ1) is 9.66. The molecule has 2 aromatic heterocycles. The topological polar surface area (TPSA) is 93.7 Å². The molecule has 4 N–H and O–H groups in total. The summed E-state index contributed by atoms with van der Waals surface area (Å²) in [5.41, 5.74) is 4.81. The number of anilines is 2. The van der Waals surface area contributed by atoms with Crippen LogP contribution in [-0.4, -0.2) is 26.0 Å². The van der Waals surface area contributed by atoms with Crippen LogP contribution in [0.25, 0.3) is 0 Å². The number of nitrogens with one attached hydrogen (secondary N) is 2. The van der Waals surface area contributed by atoms with E-state index in [1.54, 1.807) is 6.07 Å². The number of nitrogens with zero attached hydrogens (tertiary/aromatic N) is 4. The minimum Gasteiger partial charge on any atom is -0.366 e. The van der Waals surface area contributed by atoms with Crippen LogP contribution in [0.1, 0.15) is 18.2 Å². The first-order valence-corrected chi connectivity index (χ1v) is 7.53. The molecule has 0 aliphatic heterocycles. The molecule has 0 aliphatic carbocycles. The van der Waals surface area contributed by atoms with Crippen LogP contribution in [0.5, 0.6) is 0 Å². The maximum atomic E-state index is 5.41. The van der Waals surface area contributed by atoms with Gasteiger partial charge < -0.3 is 10.7 Å². The van der Waals surface area contributed by atoms with Crippen molar-refractivity contribution in [3.05, 3.63) is 23.5 Å². The molecule has 0 aliphatic rings. The number of nitrogens with two attached hydrogens (primary N) is 1. The molecule has 8 heteroatoms. The van der Waals surface area contributed by atoms with Crippen molar-refractivity contribution in [3.8, 4) is 0 Å². The lowest BCUT2D eigenvalue weighted by atomic mass is 10.2. The molecule has 0 saturated carbocycles. The zero-order chi connectivity index (χ0) is 14.5. The van der Waals surface area contributed by atoms with Crippen molar-refractivity contribution >= 4 is 23.4 Å². The number of hydrogen-bond acceptors (Lipinski definition) is 7. The lowest BCUT2D eigenvalue weighted by molar-refractivity contribution is 0.746. The third-order valence-electron chi connectivity index (χ3n) is 2.82. The number of thioether (sulfide) groups is 1. The van der Waals surface area contributed by atoms with Gasteiger partial charge in [-0.3, -0.25) is 4.68 Å². The highest BCUT2D eigenvalue weighted by atomic mass is 32.2. The van der Waals surface area contributed by atoms with Gasteiger partial charge in [0.05, 0.1) is 5.69 Å². The van der Waals surface area contributed by atoms with Crippen LogP contribution < -0.4 is 16.6 Å². The van der Waals surface area contributed by atoms with E-state index in [0.717, 1.165) is 17.9 Å². The Morgan fingerprint density at radius 3 is 2.75 bits per heavy atom. The molecular formula is C12H19N7S. The predicted molar refractivity (Wildman–Crippen MR) is 81.5 cm³/mol. The number of nitrogen functional groups attached to an aromatic ring is 1. The summed E-state index contributed by atoms with van der Waals surface area (Å²) in [4.78, 5) is 8.62. The Bertz CT molecular complexity index is 559. The van der Waals surface area contributed by atoms with Crippen LogP contribution in [0.3, 0.4) is 0 Å². The van der Waals surface area contributed by atoms with Crippen LogP contribution in [0, 0.1) is 0 Å². The van der Waals surface area contributed by atoms with E-state index < -0.39 is 0 Å². The minimum atomic E-state index is 0.591. The Balaban J connectivity index is 2.13. The first-order valence-electron chi connectivity index (χ1n) is 6.31. The Hall–Kier alpha value is -1.80. The molecule has 0 unspecified atom stereocenters. The van der Waals surface area contributed by atoms with Crippen molar-refractivity contribution in [2.45, 2.75) is 25.0 Å². The van der Waals surface area contributed by atoms with Gasteiger partial charge in [0.25, 0.3) is 0 Å². The highest BCUT2D eigenvalue weighted by Gasteiger charge is 2.07. The summed E-state index contributed by atoms with van der Waals surface area (Å²) in [7, 11) is 1.93. The van der Waals surface area contributed by atoms with Gasteiger partial charge in [-0.15, -0.1) is 0 Å². The van der Waals surface area contributed by atoms with E-state index in [0.29, 0.717) is 17.5 Å². The molecule has 2 aromatic rings. The zero-order valence-corrected chi connectivity index (χ0v) is 12.7. The molecule has 0 amide bonds. The summed E-state index contributed by atoms with van der Waals surface area (Å²) >= 11 is 1.47. The van der Waals surface area contributed by atoms with E-state index in [-0.39, 0.29) is 0 Å². The van der Waals surface area contributed by atoms with Crippen molar-refractivity contribution in [3.63, 3.8) is 0 Å². The largest absolute Gasteiger partial charge is 0.366 e. The summed E-state index contributed by atoms with van der Waals surface area (Å²) in [5, 5.41) is 8.37. The number of rotatable bonds is 6. The molecule has 0 fully saturated rings. The molecule has 0 aromatic carbocycles. The van der Waals surface area contributed by atoms with Crippen LogP contribution in [0.2, 0.25) is 0 Å². The predicted octanol–water partition coefficient (Wildman–Crippen LogP) is 1.39. The second-order valence-electron chi connectivity index (χ2n) is 4.25. The van der Waals surface area contributed by atoms with E-state index in [9.17, 15) is 0 Å². The fraction of sp³-hybridized carbons (Fsp3) is 0.417. The van der Waals surface area contributed by atoms with Gasteiger partial charge in [-0.2, -0.15) is 5.10 Å². The van der Waals surface area contributed by atoms with Gasteiger partial charge >= 0.3 is 0 Å². The number of aromatic nitrogens is 4. The quantitative estimate of drug-likeness (QED) is 0.321. The highest BCUT2D eigenvalue weighted by Crippen LogP contribution is 2.17. The number of aryl methyl sites for hydroxylation is 2. The maximum Gasteiger partial charge on any atom is 0.191 e. The van der Waals surface area contributed by atoms with Gasteiger partial charge in [-0.05, 0) is 12.7 Å². The van der Waals surface area contributed by atoms with Crippen LogP contribution in [0.15, 0.2) is 17.4 Å². The van der Waals surface area contributed by atoms with Gasteiger partial charge in [0.15, 0.2) is 5.16 Å². The Morgan fingerprint density at radius 1 is 1.35 bits per heavy atom. The van der Waals surface area contributed by atoms with Gasteiger partial charge in [0, 0.05) is 31.4 Å². The van der Waals surface area contributed by atoms with Crippen molar-refractivity contribution in [2.24, 2.45) is 12.9 Å². The molecule has 0 spiro atoms. The Morgan fingerprint density at radius 2 is 2.10 bits per heavy atom. The van der Waals surface area contributed by atoms with Gasteiger partial charge in [0.1, 0.15) is 11.6 Å². The Labute approximate surface area is 122 Å². The molecule has 0 saturated heterocycles. The molecule has 2 heterocycles. The van der Waals surface area contributed by atoms with E-state index in [2.05, 4.69) is 32.7 Å². The summed E-state index contributed by atoms with van der Waals surface area (Å²) < 4.78 is 1.83. The van der Waals surface area contributed by atoms with Crippen LogP contribution in [-0.2, 0) is 20.0 Å². The SMILES string of the molecule is CCc1nn(C)cc1CNc1cc(NN)nc(SC)n1. The molecule has 0 atom stereocenters. The maximum absolute atomic E-state index is 5.41. The highest BCUT2D eigenvalue weighted by molar-refractivity contribution is 7.98. The van der Waals surface area contributed by atoms with Gasteiger partial charge in [-0.1, -0.05) is 18.7 Å². The second-order valence-corrected chi connectivity index (χ2v) is 5.02. The average molecular weight is 293 g/mol. The van der Waals surface area contributed by atoms with Crippen molar-refractivity contribution in [1.29, 1.82) is 0 Å². The molecule has 0 bridgehead atoms. The van der Waals surface area contributed by atoms with E-state index >= 15 is 0 Å². The summed E-state index contributed by atoms with van der Waals surface area (Å²) in [5.74, 6) is 6.74. The normalized spacial score (nSPS) is 10.6. The molecule has 20 heavy (non-hydrogen) atoms. The summed E-state index contributed by atoms with van der Waals surface area (Å²) in [6, 6.07) is 1.78. The summed E-state index contributed by atoms with van der Waals surface area (Å²) in [6.45, 7) is 2.77. The smallest absolute Gasteiger partial charge is 0.191 e. The van der Waals surface area contributed by atoms with E-state index in [1.807, 2.05) is 24.2 Å². The van der Waals surface area contributed by atoms with Crippen molar-refractivity contribution < 1.29 is 0 Å². The van der Waals surface area contributed by atoms with Crippen LogP contribution in [0.4, 0.5) is 11.6 Å². The van der Waals surface area contributed by atoms with Gasteiger partial charge in [0.2, 0.25) is 0 Å². The third kappa shape index (κ3) is 3.40. The molecular weight excluding hydrogens is 274 g/mol. The van der Waals surface area contributed by atoms with Crippen molar-refractivity contribution in [1.82, 2.24) is 19.7 Å². The first kappa shape index (κ1) is 14.6. The van der Waals surface area contributed by atoms with E-state index in [4.69, 9.17) is 5.84 Å². The van der Waals surface area contributed by atoms with Crippen LogP contribution >= 0.6 is 11.8 Å². The number of hydrazine groups is 1. The summed E-state index contributed by atoms with van der Waals surface area (Å²) in [6.07, 6.45) is 4.85. The average Bonchev–Trinajstić information content (AvgIpc) is 2.84. The lowest BCUT2D eigenvalue weighted by Gasteiger charge is -2.08. The fourth-order valence-electron chi connectivity index (χ4n) is 1.90. The van der Waals surface area contributed by atoms with Gasteiger partial charge in [-0.25, -0.2) is 15.8 Å². The second kappa shape index (κ2) is 6.58. The molecule has 0 radical (unpaired) electrons. The molecule has 108 valence electrons. The fourth-order valence-corrected chi connectivity index (χ4v) is 2.27. The monoisotopic (exact) mass is 293 g/mol. The zero-order valence-electron chi connectivity index (χ0n) is 11.8. The lowest BCUT2D eigenvalue weighted by Crippen LogP contribution is -2.11.